The molecular formula is C13H22S. The van der Waals surface area contributed by atoms with E-state index in [1.807, 2.05) is 0 Å². The third kappa shape index (κ3) is 3.91. The minimum absolute atomic E-state index is 0.426. The minimum Gasteiger partial charge on any atom is -0.0849 e. The molecule has 0 heterocycles. The van der Waals surface area contributed by atoms with Crippen LogP contribution < -0.4 is 0 Å². The van der Waals surface area contributed by atoms with Crippen LogP contribution in [0.1, 0.15) is 47.0 Å². The van der Waals surface area contributed by atoms with Crippen molar-refractivity contribution in [3.05, 3.63) is 12.2 Å². The van der Waals surface area contributed by atoms with Gasteiger partial charge in [0.1, 0.15) is 0 Å². The van der Waals surface area contributed by atoms with Crippen molar-refractivity contribution in [3.8, 4) is 0 Å². The zero-order valence-corrected chi connectivity index (χ0v) is 10.7. The number of hydrogen-bond donors (Lipinski definition) is 0. The van der Waals surface area contributed by atoms with Gasteiger partial charge < -0.3 is 0 Å². The first-order valence-electron chi connectivity index (χ1n) is 5.59. The molecule has 1 heteroatoms. The van der Waals surface area contributed by atoms with E-state index in [-0.39, 0.29) is 0 Å². The average molecular weight is 210 g/mol. The van der Waals surface area contributed by atoms with Crippen LogP contribution >= 0.6 is 12.2 Å². The van der Waals surface area contributed by atoms with Gasteiger partial charge in [0.25, 0.3) is 0 Å². The van der Waals surface area contributed by atoms with E-state index in [2.05, 4.69) is 39.8 Å². The summed E-state index contributed by atoms with van der Waals surface area (Å²) in [6, 6.07) is 0. The van der Waals surface area contributed by atoms with Crippen molar-refractivity contribution in [1.82, 2.24) is 0 Å². The predicted molar refractivity (Wildman–Crippen MR) is 67.7 cm³/mol. The highest BCUT2D eigenvalue weighted by atomic mass is 32.1. The molecule has 1 aliphatic carbocycles. The highest BCUT2D eigenvalue weighted by molar-refractivity contribution is 7.80. The fraction of sp³-hybridized carbons (Fsp3) is 0.769. The molecule has 0 aliphatic heterocycles. The minimum atomic E-state index is 0.426. The molecular weight excluding hydrogens is 188 g/mol. The molecule has 80 valence electrons. The van der Waals surface area contributed by atoms with E-state index in [1.165, 1.54) is 12.8 Å². The third-order valence-corrected chi connectivity index (χ3v) is 3.29. The van der Waals surface area contributed by atoms with Gasteiger partial charge in [0.2, 0.25) is 0 Å². The van der Waals surface area contributed by atoms with Crippen molar-refractivity contribution in [2.24, 2.45) is 17.3 Å². The Morgan fingerprint density at radius 1 is 1.43 bits per heavy atom. The fourth-order valence-electron chi connectivity index (χ4n) is 2.06. The third-order valence-electron chi connectivity index (χ3n) is 2.95. The quantitative estimate of drug-likeness (QED) is 0.578. The van der Waals surface area contributed by atoms with Gasteiger partial charge in [0.05, 0.1) is 0 Å². The van der Waals surface area contributed by atoms with Gasteiger partial charge in [-0.3, -0.25) is 0 Å². The highest BCUT2D eigenvalue weighted by Crippen LogP contribution is 2.33. The zero-order valence-electron chi connectivity index (χ0n) is 9.84. The van der Waals surface area contributed by atoms with Crippen LogP contribution in [-0.2, 0) is 0 Å². The largest absolute Gasteiger partial charge is 0.0849 e. The van der Waals surface area contributed by atoms with E-state index in [1.54, 1.807) is 0 Å². The summed E-state index contributed by atoms with van der Waals surface area (Å²) in [6.45, 7) is 9.30. The molecule has 0 aromatic carbocycles. The Hall–Kier alpha value is -0.170. The molecule has 2 atom stereocenters. The van der Waals surface area contributed by atoms with Crippen molar-refractivity contribution in [2.45, 2.75) is 47.0 Å². The van der Waals surface area contributed by atoms with Crippen LogP contribution in [0.4, 0.5) is 0 Å². The first kappa shape index (κ1) is 11.9. The summed E-state index contributed by atoms with van der Waals surface area (Å²) in [4.78, 5) is 1.13. The monoisotopic (exact) mass is 210 g/mol. The number of thiocarbonyl (C=S) groups is 1. The Morgan fingerprint density at radius 2 is 2.07 bits per heavy atom. The van der Waals surface area contributed by atoms with Gasteiger partial charge in [-0.25, -0.2) is 0 Å². The summed E-state index contributed by atoms with van der Waals surface area (Å²) in [5.41, 5.74) is 0.426. The number of hydrogen-bond acceptors (Lipinski definition) is 1. The zero-order chi connectivity index (χ0) is 10.8. The molecule has 0 N–H and O–H groups in total. The lowest BCUT2D eigenvalue weighted by atomic mass is 9.78. The van der Waals surface area contributed by atoms with Gasteiger partial charge in [0, 0.05) is 4.86 Å². The van der Waals surface area contributed by atoms with Gasteiger partial charge in [-0.15, -0.1) is 0 Å². The molecule has 1 aliphatic rings. The van der Waals surface area contributed by atoms with E-state index >= 15 is 0 Å². The summed E-state index contributed by atoms with van der Waals surface area (Å²) in [5, 5.41) is 0. The molecule has 0 spiro atoms. The average Bonchev–Trinajstić information content (AvgIpc) is 2.17. The molecule has 0 saturated heterocycles. The summed E-state index contributed by atoms with van der Waals surface area (Å²) in [7, 11) is 0. The molecule has 2 unspecified atom stereocenters. The van der Waals surface area contributed by atoms with Crippen molar-refractivity contribution in [2.75, 3.05) is 0 Å². The lowest BCUT2D eigenvalue weighted by molar-refractivity contribution is 0.268. The Balaban J connectivity index is 2.66. The summed E-state index contributed by atoms with van der Waals surface area (Å²) < 4.78 is 0. The normalized spacial score (nSPS) is 29.0. The van der Waals surface area contributed by atoms with E-state index in [9.17, 15) is 0 Å². The molecule has 14 heavy (non-hydrogen) atoms. The fourth-order valence-corrected chi connectivity index (χ4v) is 2.26. The smallest absolute Gasteiger partial charge is 0.0149 e. The van der Waals surface area contributed by atoms with Crippen LogP contribution in [0.25, 0.3) is 0 Å². The van der Waals surface area contributed by atoms with Gasteiger partial charge in [-0.1, -0.05) is 52.1 Å². The molecule has 0 bridgehead atoms. The van der Waals surface area contributed by atoms with Gasteiger partial charge in [0.15, 0.2) is 0 Å². The van der Waals surface area contributed by atoms with E-state index in [0.717, 1.165) is 23.1 Å². The molecule has 0 fully saturated rings. The Bertz CT molecular complexity index is 232. The molecule has 0 saturated carbocycles. The summed E-state index contributed by atoms with van der Waals surface area (Å²) in [6.07, 6.45) is 8.13. The van der Waals surface area contributed by atoms with Crippen LogP contribution in [-0.4, -0.2) is 4.86 Å². The topological polar surface area (TPSA) is 0 Å². The molecule has 0 radical (unpaired) electrons. The van der Waals surface area contributed by atoms with Crippen LogP contribution in [0.3, 0.4) is 0 Å². The van der Waals surface area contributed by atoms with Gasteiger partial charge in [-0.05, 0) is 36.5 Å². The maximum absolute atomic E-state index is 5.25. The standard InChI is InChI=1S/C13H22S/c1-10-5-7-12(14)8-6-11(10)9-13(2,3)4/h6,8,10-11H,5,7,9H2,1-4H3. The number of allylic oxidation sites excluding steroid dienone is 2. The Labute approximate surface area is 93.8 Å². The first-order chi connectivity index (χ1) is 6.38. The lowest BCUT2D eigenvalue weighted by Crippen LogP contribution is -2.17. The predicted octanol–water partition coefficient (Wildman–Crippen LogP) is 4.39. The van der Waals surface area contributed by atoms with E-state index < -0.39 is 0 Å². The SMILES string of the molecule is CC1CCC(=S)C=CC1CC(C)(C)C. The molecule has 0 aromatic rings. The van der Waals surface area contributed by atoms with E-state index in [4.69, 9.17) is 12.2 Å². The van der Waals surface area contributed by atoms with Crippen LogP contribution in [0, 0.1) is 17.3 Å². The second kappa shape index (κ2) is 4.57. The number of rotatable bonds is 1. The molecule has 0 nitrogen and oxygen atoms in total. The van der Waals surface area contributed by atoms with Crippen molar-refractivity contribution in [3.63, 3.8) is 0 Å². The van der Waals surface area contributed by atoms with Crippen molar-refractivity contribution < 1.29 is 0 Å². The van der Waals surface area contributed by atoms with Crippen molar-refractivity contribution >= 4 is 17.1 Å². The molecule has 0 aromatic heterocycles. The second-order valence-electron chi connectivity index (χ2n) is 5.77. The highest BCUT2D eigenvalue weighted by Gasteiger charge is 2.23. The first-order valence-corrected chi connectivity index (χ1v) is 6.00. The summed E-state index contributed by atoms with van der Waals surface area (Å²) in [5.74, 6) is 1.50. The maximum atomic E-state index is 5.25. The second-order valence-corrected chi connectivity index (χ2v) is 6.29. The van der Waals surface area contributed by atoms with Crippen LogP contribution in [0.2, 0.25) is 0 Å². The van der Waals surface area contributed by atoms with Crippen molar-refractivity contribution in [1.29, 1.82) is 0 Å². The Morgan fingerprint density at radius 3 is 2.64 bits per heavy atom. The van der Waals surface area contributed by atoms with Crippen LogP contribution in [0.15, 0.2) is 12.2 Å². The maximum Gasteiger partial charge on any atom is 0.0149 e. The van der Waals surface area contributed by atoms with Crippen LogP contribution in [0.5, 0.6) is 0 Å². The molecule has 0 amide bonds. The van der Waals surface area contributed by atoms with E-state index in [0.29, 0.717) is 5.41 Å². The summed E-state index contributed by atoms with van der Waals surface area (Å²) >= 11 is 5.25. The lowest BCUT2D eigenvalue weighted by Gasteiger charge is -2.27. The molecule has 1 rings (SSSR count). The van der Waals surface area contributed by atoms with Gasteiger partial charge in [-0.2, -0.15) is 0 Å². The van der Waals surface area contributed by atoms with Gasteiger partial charge >= 0.3 is 0 Å². The Kier molecular flexibility index (Phi) is 3.88.